The molecule has 2 saturated heterocycles. The van der Waals surface area contributed by atoms with Gasteiger partial charge in [0.1, 0.15) is 0 Å². The van der Waals surface area contributed by atoms with E-state index in [4.69, 9.17) is 4.74 Å². The maximum Gasteiger partial charge on any atom is 0.0547 e. The zero-order valence-electron chi connectivity index (χ0n) is 9.05. The van der Waals surface area contributed by atoms with Gasteiger partial charge in [0, 0.05) is 31.2 Å². The van der Waals surface area contributed by atoms with Crippen LogP contribution in [0.5, 0.6) is 0 Å². The summed E-state index contributed by atoms with van der Waals surface area (Å²) >= 11 is 0. The van der Waals surface area contributed by atoms with E-state index < -0.39 is 0 Å². The molecule has 1 spiro atoms. The molecule has 0 amide bonds. The molecule has 0 saturated carbocycles. The average Bonchev–Trinajstić information content (AvgIpc) is 2.47. The van der Waals surface area contributed by atoms with E-state index in [2.05, 4.69) is 25.7 Å². The lowest BCUT2D eigenvalue weighted by atomic mass is 9.77. The van der Waals surface area contributed by atoms with Crippen LogP contribution in [0.1, 0.15) is 27.2 Å². The minimum Gasteiger partial charge on any atom is -0.381 e. The molecule has 0 aliphatic carbocycles. The monoisotopic (exact) mass is 183 g/mol. The highest BCUT2D eigenvalue weighted by molar-refractivity contribution is 4.99. The molecule has 2 nitrogen and oxygen atoms in total. The highest BCUT2D eigenvalue weighted by Gasteiger charge is 2.47. The number of hydrogen-bond acceptors (Lipinski definition) is 2. The van der Waals surface area contributed by atoms with Crippen LogP contribution in [-0.2, 0) is 4.74 Å². The molecule has 2 fully saturated rings. The summed E-state index contributed by atoms with van der Waals surface area (Å²) < 4.78 is 5.46. The number of hydrogen-bond donors (Lipinski definition) is 0. The Morgan fingerprint density at radius 3 is 2.38 bits per heavy atom. The van der Waals surface area contributed by atoms with Crippen molar-refractivity contribution < 1.29 is 4.74 Å². The van der Waals surface area contributed by atoms with E-state index in [1.807, 2.05) is 0 Å². The van der Waals surface area contributed by atoms with Crippen LogP contribution < -0.4 is 0 Å². The molecule has 0 unspecified atom stereocenters. The second-order valence-corrected chi connectivity index (χ2v) is 5.19. The normalized spacial score (nSPS) is 29.5. The first-order valence-electron chi connectivity index (χ1n) is 5.45. The van der Waals surface area contributed by atoms with Crippen LogP contribution in [-0.4, -0.2) is 37.2 Å². The summed E-state index contributed by atoms with van der Waals surface area (Å²) in [5.74, 6) is 0.777. The van der Waals surface area contributed by atoms with Crippen LogP contribution in [0.2, 0.25) is 0 Å². The van der Waals surface area contributed by atoms with Crippen molar-refractivity contribution >= 4 is 0 Å². The first-order chi connectivity index (χ1) is 6.13. The fourth-order valence-electron chi connectivity index (χ4n) is 2.42. The van der Waals surface area contributed by atoms with Crippen LogP contribution in [0.25, 0.3) is 0 Å². The molecular weight excluding hydrogens is 162 g/mol. The van der Waals surface area contributed by atoms with Gasteiger partial charge in [-0.2, -0.15) is 0 Å². The van der Waals surface area contributed by atoms with Gasteiger partial charge < -0.3 is 4.74 Å². The Labute approximate surface area is 81.3 Å². The molecule has 1 atom stereocenters. The van der Waals surface area contributed by atoms with Crippen molar-refractivity contribution in [2.45, 2.75) is 33.2 Å². The van der Waals surface area contributed by atoms with E-state index in [1.165, 1.54) is 19.5 Å². The van der Waals surface area contributed by atoms with Gasteiger partial charge in [-0.25, -0.2) is 0 Å². The van der Waals surface area contributed by atoms with Gasteiger partial charge in [-0.1, -0.05) is 13.8 Å². The highest BCUT2D eigenvalue weighted by Crippen LogP contribution is 2.39. The third-order valence-corrected chi connectivity index (χ3v) is 3.80. The van der Waals surface area contributed by atoms with Crippen LogP contribution in [0.3, 0.4) is 0 Å². The summed E-state index contributed by atoms with van der Waals surface area (Å²) in [6.45, 7) is 11.5. The molecule has 2 rings (SSSR count). The van der Waals surface area contributed by atoms with Crippen molar-refractivity contribution in [3.8, 4) is 0 Å². The maximum atomic E-state index is 5.46. The van der Waals surface area contributed by atoms with Crippen molar-refractivity contribution in [1.29, 1.82) is 0 Å². The fraction of sp³-hybridized carbons (Fsp3) is 1.00. The highest BCUT2D eigenvalue weighted by atomic mass is 16.5. The van der Waals surface area contributed by atoms with E-state index in [0.717, 1.165) is 25.2 Å². The summed E-state index contributed by atoms with van der Waals surface area (Å²) in [6, 6.07) is 0.742. The van der Waals surface area contributed by atoms with E-state index in [9.17, 15) is 0 Å². The topological polar surface area (TPSA) is 12.5 Å². The SMILES string of the molecule is CC(C)[C@H](C)N1CC2(CCOC2)C1. The van der Waals surface area contributed by atoms with Gasteiger partial charge in [0.05, 0.1) is 6.61 Å². The summed E-state index contributed by atoms with van der Waals surface area (Å²) in [7, 11) is 0. The molecule has 0 radical (unpaired) electrons. The van der Waals surface area contributed by atoms with Crippen molar-refractivity contribution in [3.63, 3.8) is 0 Å². The van der Waals surface area contributed by atoms with Gasteiger partial charge in [0.25, 0.3) is 0 Å². The molecular formula is C11H21NO. The largest absolute Gasteiger partial charge is 0.381 e. The molecule has 2 aliphatic heterocycles. The smallest absolute Gasteiger partial charge is 0.0547 e. The van der Waals surface area contributed by atoms with Crippen LogP contribution >= 0.6 is 0 Å². The Balaban J connectivity index is 1.83. The first kappa shape index (κ1) is 9.47. The molecule has 76 valence electrons. The molecule has 2 heteroatoms. The molecule has 0 aromatic rings. The standard InChI is InChI=1S/C11H21NO/c1-9(2)10(3)12-6-11(7-12)4-5-13-8-11/h9-10H,4-8H2,1-3H3/t10-/m0/s1. The molecule has 13 heavy (non-hydrogen) atoms. The minimum absolute atomic E-state index is 0.559. The summed E-state index contributed by atoms with van der Waals surface area (Å²) in [5.41, 5.74) is 0.559. The van der Waals surface area contributed by atoms with E-state index in [1.54, 1.807) is 0 Å². The molecule has 2 heterocycles. The van der Waals surface area contributed by atoms with E-state index in [0.29, 0.717) is 5.41 Å². The number of likely N-dealkylation sites (tertiary alicyclic amines) is 1. The Bertz CT molecular complexity index is 177. The predicted octanol–water partition coefficient (Wildman–Crippen LogP) is 1.75. The van der Waals surface area contributed by atoms with Crippen molar-refractivity contribution in [1.82, 2.24) is 4.90 Å². The van der Waals surface area contributed by atoms with Crippen molar-refractivity contribution in [2.24, 2.45) is 11.3 Å². The van der Waals surface area contributed by atoms with Crippen LogP contribution in [0.4, 0.5) is 0 Å². The summed E-state index contributed by atoms with van der Waals surface area (Å²) in [4.78, 5) is 2.60. The third kappa shape index (κ3) is 1.62. The summed E-state index contributed by atoms with van der Waals surface area (Å²) in [5, 5.41) is 0. The van der Waals surface area contributed by atoms with Crippen molar-refractivity contribution in [3.05, 3.63) is 0 Å². The van der Waals surface area contributed by atoms with Gasteiger partial charge in [-0.3, -0.25) is 4.90 Å². The molecule has 2 aliphatic rings. The molecule has 0 aromatic heterocycles. The zero-order valence-corrected chi connectivity index (χ0v) is 9.05. The van der Waals surface area contributed by atoms with Crippen LogP contribution in [0, 0.1) is 11.3 Å². The Morgan fingerprint density at radius 1 is 1.23 bits per heavy atom. The van der Waals surface area contributed by atoms with Crippen molar-refractivity contribution in [2.75, 3.05) is 26.3 Å². The Kier molecular flexibility index (Phi) is 2.37. The average molecular weight is 183 g/mol. The Morgan fingerprint density at radius 2 is 1.92 bits per heavy atom. The van der Waals surface area contributed by atoms with E-state index >= 15 is 0 Å². The van der Waals surface area contributed by atoms with Gasteiger partial charge in [-0.15, -0.1) is 0 Å². The molecule has 0 N–H and O–H groups in total. The van der Waals surface area contributed by atoms with Gasteiger partial charge >= 0.3 is 0 Å². The summed E-state index contributed by atoms with van der Waals surface area (Å²) in [6.07, 6.45) is 1.29. The lowest BCUT2D eigenvalue weighted by Gasteiger charge is -2.51. The zero-order chi connectivity index (χ0) is 9.47. The Hall–Kier alpha value is -0.0800. The minimum atomic E-state index is 0.559. The molecule has 0 bridgehead atoms. The third-order valence-electron chi connectivity index (χ3n) is 3.80. The van der Waals surface area contributed by atoms with Gasteiger partial charge in [0.2, 0.25) is 0 Å². The van der Waals surface area contributed by atoms with Gasteiger partial charge in [-0.05, 0) is 19.3 Å². The van der Waals surface area contributed by atoms with Crippen LogP contribution in [0.15, 0.2) is 0 Å². The fourth-order valence-corrected chi connectivity index (χ4v) is 2.42. The number of rotatable bonds is 2. The predicted molar refractivity (Wildman–Crippen MR) is 53.7 cm³/mol. The first-order valence-corrected chi connectivity index (χ1v) is 5.45. The maximum absolute atomic E-state index is 5.46. The lowest BCUT2D eigenvalue weighted by Crippen LogP contribution is -2.60. The quantitative estimate of drug-likeness (QED) is 0.646. The second kappa shape index (κ2) is 3.25. The molecule has 0 aromatic carbocycles. The second-order valence-electron chi connectivity index (χ2n) is 5.19. The number of ether oxygens (including phenoxy) is 1. The lowest BCUT2D eigenvalue weighted by molar-refractivity contribution is -0.0420. The number of nitrogens with zero attached hydrogens (tertiary/aromatic N) is 1. The van der Waals surface area contributed by atoms with Gasteiger partial charge in [0.15, 0.2) is 0 Å². The van der Waals surface area contributed by atoms with E-state index in [-0.39, 0.29) is 0 Å².